The molecular formula is C18H32IN3O3S. The van der Waals surface area contributed by atoms with Gasteiger partial charge in [0.25, 0.3) is 0 Å². The highest BCUT2D eigenvalue weighted by Gasteiger charge is 2.07. The number of nitrogens with zero attached hydrogens (tertiary/aromatic N) is 1. The Balaban J connectivity index is 0.00000625. The first kappa shape index (κ1) is 25.0. The maximum Gasteiger partial charge on any atom is 0.191 e. The van der Waals surface area contributed by atoms with Crippen LogP contribution in [0, 0.1) is 0 Å². The van der Waals surface area contributed by atoms with Crippen molar-refractivity contribution in [3.8, 4) is 5.75 Å². The molecular weight excluding hydrogens is 465 g/mol. The molecule has 6 nitrogen and oxygen atoms in total. The monoisotopic (exact) mass is 497 g/mol. The molecule has 150 valence electrons. The van der Waals surface area contributed by atoms with E-state index < -0.39 is 9.84 Å². The van der Waals surface area contributed by atoms with Crippen molar-refractivity contribution in [1.29, 1.82) is 0 Å². The summed E-state index contributed by atoms with van der Waals surface area (Å²) in [7, 11) is -1.42. The molecule has 0 radical (unpaired) electrons. The van der Waals surface area contributed by atoms with Gasteiger partial charge in [-0.3, -0.25) is 4.99 Å². The highest BCUT2D eigenvalue weighted by Crippen LogP contribution is 2.15. The molecule has 0 fully saturated rings. The fourth-order valence-corrected chi connectivity index (χ4v) is 2.95. The van der Waals surface area contributed by atoms with Gasteiger partial charge in [-0.15, -0.1) is 24.0 Å². The third-order valence-electron chi connectivity index (χ3n) is 3.76. The molecule has 0 amide bonds. The minimum absolute atomic E-state index is 0. The first-order valence-corrected chi connectivity index (χ1v) is 10.7. The quantitative estimate of drug-likeness (QED) is 0.225. The Morgan fingerprint density at radius 2 is 1.88 bits per heavy atom. The van der Waals surface area contributed by atoms with Gasteiger partial charge in [0.05, 0.1) is 11.4 Å². The van der Waals surface area contributed by atoms with Gasteiger partial charge in [0.1, 0.15) is 12.4 Å². The first-order chi connectivity index (χ1) is 11.9. The Hall–Kier alpha value is -1.03. The molecule has 0 spiro atoms. The van der Waals surface area contributed by atoms with E-state index in [-0.39, 0.29) is 24.0 Å². The predicted octanol–water partition coefficient (Wildman–Crippen LogP) is 3.22. The smallest absolute Gasteiger partial charge is 0.191 e. The molecule has 0 saturated heterocycles. The van der Waals surface area contributed by atoms with Crippen LogP contribution in [0.1, 0.15) is 39.5 Å². The molecule has 8 heteroatoms. The molecule has 26 heavy (non-hydrogen) atoms. The molecule has 0 aliphatic rings. The number of hydrogen-bond donors (Lipinski definition) is 2. The van der Waals surface area contributed by atoms with Gasteiger partial charge in [0.2, 0.25) is 0 Å². The highest BCUT2D eigenvalue weighted by atomic mass is 127. The van der Waals surface area contributed by atoms with Crippen LogP contribution in [0.4, 0.5) is 0 Å². The second-order valence-electron chi connectivity index (χ2n) is 6.13. The Bertz CT molecular complexity index is 634. The number of sulfone groups is 1. The third kappa shape index (κ3) is 10.2. The molecule has 1 rings (SSSR count). The molecule has 0 heterocycles. The SMILES string of the molecule is CCCCCC(C)NC(=NC)NCCOc1ccc(S(C)(=O)=O)cc1.I. The molecule has 2 N–H and O–H groups in total. The summed E-state index contributed by atoms with van der Waals surface area (Å²) >= 11 is 0. The summed E-state index contributed by atoms with van der Waals surface area (Å²) < 4.78 is 28.4. The third-order valence-corrected chi connectivity index (χ3v) is 4.89. The van der Waals surface area contributed by atoms with Gasteiger partial charge in [-0.1, -0.05) is 26.2 Å². The van der Waals surface area contributed by atoms with Crippen molar-refractivity contribution in [3.05, 3.63) is 24.3 Å². The minimum atomic E-state index is -3.17. The number of hydrogen-bond acceptors (Lipinski definition) is 4. The Labute approximate surface area is 175 Å². The van der Waals surface area contributed by atoms with Crippen LogP contribution in [0.15, 0.2) is 34.2 Å². The molecule has 0 aromatic heterocycles. The summed E-state index contributed by atoms with van der Waals surface area (Å²) in [4.78, 5) is 4.50. The second kappa shape index (κ2) is 13.2. The van der Waals surface area contributed by atoms with E-state index >= 15 is 0 Å². The van der Waals surface area contributed by atoms with E-state index in [0.717, 1.165) is 12.4 Å². The number of unbranched alkanes of at least 4 members (excludes halogenated alkanes) is 2. The largest absolute Gasteiger partial charge is 0.492 e. The maximum atomic E-state index is 11.4. The average Bonchev–Trinajstić information content (AvgIpc) is 2.57. The lowest BCUT2D eigenvalue weighted by Crippen LogP contribution is -2.43. The number of halogens is 1. The van der Waals surface area contributed by atoms with Crippen LogP contribution < -0.4 is 15.4 Å². The minimum Gasteiger partial charge on any atom is -0.492 e. The summed E-state index contributed by atoms with van der Waals surface area (Å²) in [6, 6.07) is 6.81. The van der Waals surface area contributed by atoms with Crippen LogP contribution >= 0.6 is 24.0 Å². The van der Waals surface area contributed by atoms with Gasteiger partial charge < -0.3 is 15.4 Å². The summed E-state index contributed by atoms with van der Waals surface area (Å²) in [5.74, 6) is 1.41. The van der Waals surface area contributed by atoms with Crippen molar-refractivity contribution >= 4 is 39.8 Å². The lowest BCUT2D eigenvalue weighted by Gasteiger charge is -2.18. The van der Waals surface area contributed by atoms with Crippen molar-refractivity contribution in [2.45, 2.75) is 50.5 Å². The fourth-order valence-electron chi connectivity index (χ4n) is 2.32. The highest BCUT2D eigenvalue weighted by molar-refractivity contribution is 14.0. The van der Waals surface area contributed by atoms with Crippen molar-refractivity contribution in [2.75, 3.05) is 26.5 Å². The van der Waals surface area contributed by atoms with E-state index in [0.29, 0.717) is 29.8 Å². The summed E-state index contributed by atoms with van der Waals surface area (Å²) in [6.07, 6.45) is 6.01. The lowest BCUT2D eigenvalue weighted by atomic mass is 10.1. The van der Waals surface area contributed by atoms with Gasteiger partial charge in [-0.25, -0.2) is 8.42 Å². The van der Waals surface area contributed by atoms with Crippen LogP contribution in [0.3, 0.4) is 0 Å². The fraction of sp³-hybridized carbons (Fsp3) is 0.611. The van der Waals surface area contributed by atoms with Crippen LogP contribution in [-0.4, -0.2) is 46.9 Å². The number of rotatable bonds is 10. The van der Waals surface area contributed by atoms with Crippen LogP contribution in [0.5, 0.6) is 5.75 Å². The van der Waals surface area contributed by atoms with E-state index in [9.17, 15) is 8.42 Å². The first-order valence-electron chi connectivity index (χ1n) is 8.77. The topological polar surface area (TPSA) is 79.8 Å². The van der Waals surface area contributed by atoms with Crippen LogP contribution in [0.2, 0.25) is 0 Å². The normalized spacial score (nSPS) is 12.8. The van der Waals surface area contributed by atoms with Gasteiger partial charge >= 0.3 is 0 Å². The zero-order valence-electron chi connectivity index (χ0n) is 16.1. The van der Waals surface area contributed by atoms with Gasteiger partial charge in [0, 0.05) is 19.3 Å². The van der Waals surface area contributed by atoms with Crippen molar-refractivity contribution in [1.82, 2.24) is 10.6 Å². The Morgan fingerprint density at radius 3 is 2.42 bits per heavy atom. The number of nitrogens with one attached hydrogen (secondary N) is 2. The van der Waals surface area contributed by atoms with Crippen LogP contribution in [-0.2, 0) is 9.84 Å². The molecule has 1 aromatic carbocycles. The number of guanidine groups is 1. The maximum absolute atomic E-state index is 11.4. The molecule has 0 aliphatic heterocycles. The number of ether oxygens (including phenoxy) is 1. The zero-order chi connectivity index (χ0) is 18.7. The summed E-state index contributed by atoms with van der Waals surface area (Å²) in [6.45, 7) is 5.42. The standard InChI is InChI=1S/C18H31N3O3S.HI/c1-5-6-7-8-15(2)21-18(19-3)20-13-14-24-16-9-11-17(12-10-16)25(4,22)23;/h9-12,15H,5-8,13-14H2,1-4H3,(H2,19,20,21);1H. The predicted molar refractivity (Wildman–Crippen MR) is 119 cm³/mol. The Morgan fingerprint density at radius 1 is 1.23 bits per heavy atom. The molecule has 0 saturated carbocycles. The van der Waals surface area contributed by atoms with Crippen LogP contribution in [0.25, 0.3) is 0 Å². The molecule has 0 aliphatic carbocycles. The molecule has 1 unspecified atom stereocenters. The van der Waals surface area contributed by atoms with Crippen molar-refractivity contribution in [3.63, 3.8) is 0 Å². The lowest BCUT2D eigenvalue weighted by molar-refractivity contribution is 0.321. The van der Waals surface area contributed by atoms with Gasteiger partial charge in [-0.2, -0.15) is 0 Å². The van der Waals surface area contributed by atoms with E-state index in [1.165, 1.54) is 25.5 Å². The van der Waals surface area contributed by atoms with E-state index in [2.05, 4.69) is 29.5 Å². The number of benzene rings is 1. The van der Waals surface area contributed by atoms with E-state index in [1.54, 1.807) is 31.3 Å². The zero-order valence-corrected chi connectivity index (χ0v) is 19.3. The van der Waals surface area contributed by atoms with Gasteiger partial charge in [0.15, 0.2) is 15.8 Å². The van der Waals surface area contributed by atoms with E-state index in [4.69, 9.17) is 4.74 Å². The van der Waals surface area contributed by atoms with E-state index in [1.807, 2.05) is 0 Å². The molecule has 1 atom stereocenters. The number of aliphatic imine (C=N–C) groups is 1. The Kier molecular flexibility index (Phi) is 12.7. The molecule has 0 bridgehead atoms. The second-order valence-corrected chi connectivity index (χ2v) is 8.15. The average molecular weight is 497 g/mol. The molecule has 1 aromatic rings. The van der Waals surface area contributed by atoms with Crippen molar-refractivity contribution < 1.29 is 13.2 Å². The summed E-state index contributed by atoms with van der Waals surface area (Å²) in [5.41, 5.74) is 0. The van der Waals surface area contributed by atoms with Crippen molar-refractivity contribution in [2.24, 2.45) is 4.99 Å². The summed E-state index contributed by atoms with van der Waals surface area (Å²) in [5, 5.41) is 6.58. The van der Waals surface area contributed by atoms with Gasteiger partial charge in [-0.05, 0) is 37.6 Å².